The molecule has 0 aliphatic carbocycles. The van der Waals surface area contributed by atoms with Crippen LogP contribution >= 0.6 is 11.6 Å². The molecule has 5 nitrogen and oxygen atoms in total. The number of nitrogens with zero attached hydrogens (tertiary/aromatic N) is 1. The van der Waals surface area contributed by atoms with E-state index in [2.05, 4.69) is 118 Å². The van der Waals surface area contributed by atoms with Gasteiger partial charge >= 0.3 is 0 Å². The van der Waals surface area contributed by atoms with Gasteiger partial charge in [-0.1, -0.05) is 91.9 Å². The smallest absolute Gasteiger partial charge is 0.0932 e. The van der Waals surface area contributed by atoms with Gasteiger partial charge in [0.1, 0.15) is 0 Å². The third kappa shape index (κ3) is 9.85. The molecule has 4 N–H and O–H groups in total. The van der Waals surface area contributed by atoms with Crippen LogP contribution in [-0.4, -0.2) is 29.8 Å². The SMILES string of the molecule is C=C(Cc1c(C)cc(CNCCC(C)=CCC)cc1Cl)c1cccc(-c2cccc(NC(=C)c3ncc(NCCO)cc3/C=C\C)c2C)c1C. The lowest BCUT2D eigenvalue weighted by Gasteiger charge is -2.19. The number of aliphatic hydroxyl groups excluding tert-OH is 1. The topological polar surface area (TPSA) is 69.2 Å². The van der Waals surface area contributed by atoms with Crippen molar-refractivity contribution >= 4 is 40.3 Å². The number of hydrogen-bond donors (Lipinski definition) is 4. The van der Waals surface area contributed by atoms with E-state index in [1.54, 1.807) is 6.20 Å². The van der Waals surface area contributed by atoms with Gasteiger partial charge in [-0.2, -0.15) is 0 Å². The zero-order chi connectivity index (χ0) is 36.2. The molecule has 3 aromatic carbocycles. The number of halogens is 1. The zero-order valence-corrected chi connectivity index (χ0v) is 31.4. The van der Waals surface area contributed by atoms with Crippen LogP contribution in [0.2, 0.25) is 5.02 Å². The summed E-state index contributed by atoms with van der Waals surface area (Å²) >= 11 is 6.90. The summed E-state index contributed by atoms with van der Waals surface area (Å²) in [5.74, 6) is 0. The average molecular weight is 689 g/mol. The average Bonchev–Trinajstić information content (AvgIpc) is 3.09. The molecule has 0 saturated carbocycles. The van der Waals surface area contributed by atoms with Gasteiger partial charge in [0, 0.05) is 29.4 Å². The number of nitrogens with one attached hydrogen (secondary N) is 3. The summed E-state index contributed by atoms with van der Waals surface area (Å²) < 4.78 is 0. The fraction of sp³-hybridized carbons (Fsp3) is 0.295. The second kappa shape index (κ2) is 18.5. The van der Waals surface area contributed by atoms with Crippen LogP contribution in [0.15, 0.2) is 91.7 Å². The minimum Gasteiger partial charge on any atom is -0.395 e. The molecule has 0 atom stereocenters. The van der Waals surface area contributed by atoms with Crippen molar-refractivity contribution in [2.24, 2.45) is 0 Å². The number of pyridine rings is 1. The number of aliphatic hydroxyl groups is 1. The Morgan fingerprint density at radius 1 is 0.980 bits per heavy atom. The van der Waals surface area contributed by atoms with Crippen LogP contribution in [0.1, 0.15) is 78.3 Å². The van der Waals surface area contributed by atoms with Crippen molar-refractivity contribution in [2.75, 3.05) is 30.3 Å². The van der Waals surface area contributed by atoms with Crippen LogP contribution < -0.4 is 16.0 Å². The van der Waals surface area contributed by atoms with E-state index in [1.807, 2.05) is 25.1 Å². The summed E-state index contributed by atoms with van der Waals surface area (Å²) in [5.41, 5.74) is 15.9. The Hall–Kier alpha value is -4.42. The maximum atomic E-state index is 9.20. The molecule has 262 valence electrons. The van der Waals surface area contributed by atoms with E-state index >= 15 is 0 Å². The van der Waals surface area contributed by atoms with Crippen molar-refractivity contribution in [2.45, 2.75) is 67.3 Å². The van der Waals surface area contributed by atoms with E-state index in [-0.39, 0.29) is 6.61 Å². The van der Waals surface area contributed by atoms with Crippen LogP contribution in [0.25, 0.3) is 28.5 Å². The van der Waals surface area contributed by atoms with Crippen LogP contribution in [0.5, 0.6) is 0 Å². The first-order chi connectivity index (χ1) is 24.1. The Morgan fingerprint density at radius 3 is 2.42 bits per heavy atom. The zero-order valence-electron chi connectivity index (χ0n) is 30.6. The molecule has 0 unspecified atom stereocenters. The normalized spacial score (nSPS) is 11.6. The maximum Gasteiger partial charge on any atom is 0.0932 e. The lowest BCUT2D eigenvalue weighted by atomic mass is 9.88. The Kier molecular flexibility index (Phi) is 14.2. The fourth-order valence-electron chi connectivity index (χ4n) is 6.38. The van der Waals surface area contributed by atoms with Gasteiger partial charge in [0.25, 0.3) is 0 Å². The van der Waals surface area contributed by atoms with Gasteiger partial charge in [0.05, 0.1) is 29.9 Å². The second-order valence-corrected chi connectivity index (χ2v) is 13.3. The van der Waals surface area contributed by atoms with E-state index in [4.69, 9.17) is 16.6 Å². The van der Waals surface area contributed by atoms with E-state index in [9.17, 15) is 5.11 Å². The first-order valence-corrected chi connectivity index (χ1v) is 17.9. The highest BCUT2D eigenvalue weighted by molar-refractivity contribution is 6.31. The number of rotatable bonds is 17. The number of allylic oxidation sites excluding steroid dienone is 3. The number of hydrogen-bond acceptors (Lipinski definition) is 5. The highest BCUT2D eigenvalue weighted by Gasteiger charge is 2.16. The number of aryl methyl sites for hydroxylation is 1. The lowest BCUT2D eigenvalue weighted by Crippen LogP contribution is -2.15. The first kappa shape index (κ1) is 38.4. The molecule has 0 amide bonds. The van der Waals surface area contributed by atoms with Crippen molar-refractivity contribution < 1.29 is 5.11 Å². The summed E-state index contributed by atoms with van der Waals surface area (Å²) in [6, 6.07) is 19.1. The van der Waals surface area contributed by atoms with Crippen molar-refractivity contribution in [1.82, 2.24) is 10.3 Å². The van der Waals surface area contributed by atoms with E-state index < -0.39 is 0 Å². The monoisotopic (exact) mass is 688 g/mol. The predicted octanol–water partition coefficient (Wildman–Crippen LogP) is 10.9. The molecule has 1 aromatic heterocycles. The standard InChI is InChI=1S/C44H53ClN4O/c1-9-13-29(3)19-20-46-27-35-23-30(4)41(42(45)25-35)24-31(5)38-15-11-16-39(32(38)6)40-17-12-18-43(33(40)7)49-34(8)44-36(14-10-2)26-37(28-48-44)47-21-22-50/h10-18,23,25-26,28,46-47,49-50H,5,8-9,19-22,24,27H2,1-4,6-7H3/b14-10-,29-13?. The number of benzene rings is 3. The van der Waals surface area contributed by atoms with E-state index in [0.29, 0.717) is 18.7 Å². The quantitative estimate of drug-likeness (QED) is 0.0656. The van der Waals surface area contributed by atoms with Gasteiger partial charge in [-0.3, -0.25) is 4.98 Å². The summed E-state index contributed by atoms with van der Waals surface area (Å²) in [5, 5.41) is 20.3. The van der Waals surface area contributed by atoms with Crippen LogP contribution in [0, 0.1) is 20.8 Å². The molecule has 0 saturated heterocycles. The molecule has 6 heteroatoms. The maximum absolute atomic E-state index is 9.20. The van der Waals surface area contributed by atoms with Gasteiger partial charge < -0.3 is 21.1 Å². The molecule has 0 radical (unpaired) electrons. The van der Waals surface area contributed by atoms with Crippen molar-refractivity contribution in [3.05, 3.63) is 141 Å². The van der Waals surface area contributed by atoms with Gasteiger partial charge in [-0.05, 0) is 129 Å². The van der Waals surface area contributed by atoms with E-state index in [1.165, 1.54) is 22.3 Å². The largest absolute Gasteiger partial charge is 0.395 e. The third-order valence-corrected chi connectivity index (χ3v) is 9.40. The third-order valence-electron chi connectivity index (χ3n) is 9.06. The first-order valence-electron chi connectivity index (χ1n) is 17.5. The Bertz CT molecular complexity index is 1860. The Balaban J connectivity index is 1.52. The molecule has 0 spiro atoms. The molecule has 1 heterocycles. The molecule has 0 aliphatic rings. The molecule has 0 aliphatic heterocycles. The van der Waals surface area contributed by atoms with Gasteiger partial charge in [0.2, 0.25) is 0 Å². The lowest BCUT2D eigenvalue weighted by molar-refractivity contribution is 0.311. The molecule has 50 heavy (non-hydrogen) atoms. The molecule has 0 bridgehead atoms. The van der Waals surface area contributed by atoms with Crippen molar-refractivity contribution in [1.29, 1.82) is 0 Å². The Morgan fingerprint density at radius 2 is 1.72 bits per heavy atom. The minimum absolute atomic E-state index is 0.0543. The second-order valence-electron chi connectivity index (χ2n) is 12.9. The van der Waals surface area contributed by atoms with Crippen LogP contribution in [0.3, 0.4) is 0 Å². The molecular formula is C44H53ClN4O. The van der Waals surface area contributed by atoms with Crippen molar-refractivity contribution in [3.63, 3.8) is 0 Å². The van der Waals surface area contributed by atoms with Crippen LogP contribution in [0.4, 0.5) is 11.4 Å². The minimum atomic E-state index is 0.0543. The Labute approximate surface area is 304 Å². The number of anilines is 2. The molecule has 0 fully saturated rings. The van der Waals surface area contributed by atoms with Crippen molar-refractivity contribution in [3.8, 4) is 11.1 Å². The summed E-state index contributed by atoms with van der Waals surface area (Å²) in [4.78, 5) is 4.70. The van der Waals surface area contributed by atoms with Gasteiger partial charge in [-0.25, -0.2) is 0 Å². The van der Waals surface area contributed by atoms with Gasteiger partial charge in [-0.15, -0.1) is 0 Å². The molecule has 4 aromatic rings. The molecular weight excluding hydrogens is 636 g/mol. The summed E-state index contributed by atoms with van der Waals surface area (Å²) in [7, 11) is 0. The highest BCUT2D eigenvalue weighted by Crippen LogP contribution is 2.36. The fourth-order valence-corrected chi connectivity index (χ4v) is 6.74. The number of aromatic nitrogens is 1. The summed E-state index contributed by atoms with van der Waals surface area (Å²) in [6.07, 6.45) is 10.9. The van der Waals surface area contributed by atoms with Gasteiger partial charge in [0.15, 0.2) is 0 Å². The van der Waals surface area contributed by atoms with Crippen LogP contribution in [-0.2, 0) is 13.0 Å². The highest BCUT2D eigenvalue weighted by atomic mass is 35.5. The van der Waals surface area contributed by atoms with E-state index in [0.717, 1.165) is 87.0 Å². The predicted molar refractivity (Wildman–Crippen MR) is 218 cm³/mol. The molecule has 4 rings (SSSR count). The summed E-state index contributed by atoms with van der Waals surface area (Å²) in [6.45, 7) is 24.0.